The maximum Gasteiger partial charge on any atom is 0.338 e. The van der Waals surface area contributed by atoms with E-state index in [4.69, 9.17) is 4.74 Å². The quantitative estimate of drug-likeness (QED) is 0.390. The van der Waals surface area contributed by atoms with Crippen molar-refractivity contribution >= 4 is 29.4 Å². The standard InChI is InChI=1S/C29H28N2O5/c1-29(2,3)21-10-12-22(13-11-21)30-25(32)18-36-28(35)20-9-14-23-24(17-20)27(34)31(26(23)33)16-15-19-7-5-4-6-8-19/h4-14,17H,15-16,18H2,1-3H3,(H,30,32). The summed E-state index contributed by atoms with van der Waals surface area (Å²) in [6.45, 7) is 6.07. The minimum atomic E-state index is -0.751. The Bertz CT molecular complexity index is 1310. The Labute approximate surface area is 210 Å². The normalized spacial score (nSPS) is 12.9. The first-order chi connectivity index (χ1) is 17.1. The molecule has 0 atom stereocenters. The van der Waals surface area contributed by atoms with Crippen molar-refractivity contribution in [3.63, 3.8) is 0 Å². The smallest absolute Gasteiger partial charge is 0.338 e. The largest absolute Gasteiger partial charge is 0.452 e. The van der Waals surface area contributed by atoms with E-state index in [0.717, 1.165) is 11.1 Å². The lowest BCUT2D eigenvalue weighted by Crippen LogP contribution is -2.31. The molecule has 0 fully saturated rings. The molecule has 4 rings (SSSR count). The van der Waals surface area contributed by atoms with Gasteiger partial charge in [0.1, 0.15) is 0 Å². The van der Waals surface area contributed by atoms with E-state index in [1.54, 1.807) is 12.1 Å². The average molecular weight is 485 g/mol. The first-order valence-electron chi connectivity index (χ1n) is 11.7. The van der Waals surface area contributed by atoms with E-state index in [1.165, 1.54) is 23.1 Å². The van der Waals surface area contributed by atoms with Crippen LogP contribution in [0, 0.1) is 0 Å². The van der Waals surface area contributed by atoms with Gasteiger partial charge in [-0.05, 0) is 53.3 Å². The number of imide groups is 1. The molecule has 0 aliphatic carbocycles. The van der Waals surface area contributed by atoms with Crippen LogP contribution in [0.5, 0.6) is 0 Å². The van der Waals surface area contributed by atoms with Crippen molar-refractivity contribution in [3.8, 4) is 0 Å². The van der Waals surface area contributed by atoms with E-state index >= 15 is 0 Å². The van der Waals surface area contributed by atoms with Crippen molar-refractivity contribution in [2.24, 2.45) is 0 Å². The topological polar surface area (TPSA) is 92.8 Å². The molecule has 0 saturated carbocycles. The van der Waals surface area contributed by atoms with Crippen LogP contribution in [0.15, 0.2) is 72.8 Å². The van der Waals surface area contributed by atoms with Crippen LogP contribution in [0.4, 0.5) is 5.69 Å². The van der Waals surface area contributed by atoms with Gasteiger partial charge in [0.15, 0.2) is 6.61 Å². The fraction of sp³-hybridized carbons (Fsp3) is 0.241. The van der Waals surface area contributed by atoms with Gasteiger partial charge >= 0.3 is 5.97 Å². The number of amides is 3. The van der Waals surface area contributed by atoms with Crippen LogP contribution in [0.2, 0.25) is 0 Å². The van der Waals surface area contributed by atoms with Crippen molar-refractivity contribution in [2.75, 3.05) is 18.5 Å². The maximum atomic E-state index is 12.8. The Balaban J connectivity index is 1.34. The van der Waals surface area contributed by atoms with Crippen LogP contribution < -0.4 is 5.32 Å². The van der Waals surface area contributed by atoms with Crippen LogP contribution in [-0.4, -0.2) is 41.7 Å². The monoisotopic (exact) mass is 484 g/mol. The van der Waals surface area contributed by atoms with Gasteiger partial charge in [-0.25, -0.2) is 4.79 Å². The molecule has 3 amide bonds. The third-order valence-electron chi connectivity index (χ3n) is 6.04. The molecule has 0 spiro atoms. The second kappa shape index (κ2) is 10.2. The Hall–Kier alpha value is -4.26. The molecule has 1 heterocycles. The molecule has 184 valence electrons. The van der Waals surface area contributed by atoms with Gasteiger partial charge in [-0.2, -0.15) is 0 Å². The van der Waals surface area contributed by atoms with Crippen LogP contribution >= 0.6 is 0 Å². The number of rotatable bonds is 7. The molecule has 0 radical (unpaired) electrons. The first-order valence-corrected chi connectivity index (χ1v) is 11.7. The number of carbonyl (C=O) groups is 4. The molecule has 0 aromatic heterocycles. The number of ether oxygens (including phenoxy) is 1. The van der Waals surface area contributed by atoms with E-state index in [0.29, 0.717) is 12.1 Å². The van der Waals surface area contributed by atoms with Gasteiger partial charge in [-0.15, -0.1) is 0 Å². The highest BCUT2D eigenvalue weighted by atomic mass is 16.5. The SMILES string of the molecule is CC(C)(C)c1ccc(NC(=O)COC(=O)c2ccc3c(c2)C(=O)N(CCc2ccccc2)C3=O)cc1. The number of hydrogen-bond donors (Lipinski definition) is 1. The lowest BCUT2D eigenvalue weighted by Gasteiger charge is -2.19. The number of benzene rings is 3. The Morgan fingerprint density at radius 3 is 2.19 bits per heavy atom. The predicted molar refractivity (Wildman–Crippen MR) is 136 cm³/mol. The third kappa shape index (κ3) is 5.51. The second-order valence-electron chi connectivity index (χ2n) is 9.71. The van der Waals surface area contributed by atoms with Crippen LogP contribution in [0.25, 0.3) is 0 Å². The summed E-state index contributed by atoms with van der Waals surface area (Å²) in [5, 5.41) is 2.69. The van der Waals surface area contributed by atoms with Crippen molar-refractivity contribution in [2.45, 2.75) is 32.6 Å². The highest BCUT2D eigenvalue weighted by molar-refractivity contribution is 6.22. The first kappa shape index (κ1) is 24.9. The van der Waals surface area contributed by atoms with E-state index in [9.17, 15) is 19.2 Å². The molecule has 0 unspecified atom stereocenters. The minimum Gasteiger partial charge on any atom is -0.452 e. The summed E-state index contributed by atoms with van der Waals surface area (Å²) in [7, 11) is 0. The zero-order valence-electron chi connectivity index (χ0n) is 20.5. The van der Waals surface area contributed by atoms with Gasteiger partial charge in [0.2, 0.25) is 0 Å². The predicted octanol–water partition coefficient (Wildman–Crippen LogP) is 4.62. The molecule has 3 aromatic carbocycles. The molecular weight excluding hydrogens is 456 g/mol. The fourth-order valence-electron chi connectivity index (χ4n) is 3.97. The Morgan fingerprint density at radius 2 is 1.53 bits per heavy atom. The lowest BCUT2D eigenvalue weighted by atomic mass is 9.87. The number of nitrogens with one attached hydrogen (secondary N) is 1. The summed E-state index contributed by atoms with van der Waals surface area (Å²) in [6.07, 6.45) is 0.537. The van der Waals surface area contributed by atoms with Crippen LogP contribution in [0.1, 0.15) is 63.0 Å². The van der Waals surface area contributed by atoms with Gasteiger partial charge < -0.3 is 10.1 Å². The third-order valence-corrected chi connectivity index (χ3v) is 6.04. The molecule has 1 aliphatic rings. The maximum absolute atomic E-state index is 12.8. The fourth-order valence-corrected chi connectivity index (χ4v) is 3.97. The zero-order valence-corrected chi connectivity index (χ0v) is 20.5. The van der Waals surface area contributed by atoms with Crippen molar-refractivity contribution in [1.29, 1.82) is 0 Å². The van der Waals surface area contributed by atoms with Gasteiger partial charge in [0.25, 0.3) is 17.7 Å². The highest BCUT2D eigenvalue weighted by Gasteiger charge is 2.35. The van der Waals surface area contributed by atoms with Gasteiger partial charge in [-0.3, -0.25) is 19.3 Å². The van der Waals surface area contributed by atoms with E-state index in [1.807, 2.05) is 42.5 Å². The van der Waals surface area contributed by atoms with Gasteiger partial charge in [-0.1, -0.05) is 63.2 Å². The number of anilines is 1. The van der Waals surface area contributed by atoms with Crippen molar-refractivity contribution < 1.29 is 23.9 Å². The lowest BCUT2D eigenvalue weighted by molar-refractivity contribution is -0.119. The number of hydrogen-bond acceptors (Lipinski definition) is 5. The summed E-state index contributed by atoms with van der Waals surface area (Å²) in [6, 6.07) is 21.3. The summed E-state index contributed by atoms with van der Waals surface area (Å²) < 4.78 is 5.13. The average Bonchev–Trinajstić information content (AvgIpc) is 3.10. The van der Waals surface area contributed by atoms with Crippen LogP contribution in [-0.2, 0) is 21.4 Å². The van der Waals surface area contributed by atoms with Crippen molar-refractivity contribution in [1.82, 2.24) is 4.90 Å². The molecule has 1 N–H and O–H groups in total. The second-order valence-corrected chi connectivity index (χ2v) is 9.71. The van der Waals surface area contributed by atoms with Gasteiger partial charge in [0.05, 0.1) is 16.7 Å². The number of nitrogens with zero attached hydrogens (tertiary/aromatic N) is 1. The summed E-state index contributed by atoms with van der Waals surface area (Å²) >= 11 is 0. The number of fused-ring (bicyclic) bond motifs is 1. The molecular formula is C29H28N2O5. The van der Waals surface area contributed by atoms with Crippen LogP contribution in [0.3, 0.4) is 0 Å². The number of esters is 1. The highest BCUT2D eigenvalue weighted by Crippen LogP contribution is 2.25. The van der Waals surface area contributed by atoms with Gasteiger partial charge in [0, 0.05) is 12.2 Å². The summed E-state index contributed by atoms with van der Waals surface area (Å²) in [4.78, 5) is 51.5. The Morgan fingerprint density at radius 1 is 0.861 bits per heavy atom. The summed E-state index contributed by atoms with van der Waals surface area (Å²) in [5.74, 6) is -2.06. The molecule has 0 saturated heterocycles. The Kier molecular flexibility index (Phi) is 7.01. The number of carbonyl (C=O) groups excluding carboxylic acids is 4. The summed E-state index contributed by atoms with van der Waals surface area (Å²) in [5.41, 5.74) is 3.26. The van der Waals surface area contributed by atoms with E-state index in [2.05, 4.69) is 26.1 Å². The molecule has 1 aliphatic heterocycles. The van der Waals surface area contributed by atoms with Crippen molar-refractivity contribution in [3.05, 3.63) is 101 Å². The molecule has 7 heteroatoms. The molecule has 36 heavy (non-hydrogen) atoms. The minimum absolute atomic E-state index is 0.00114. The zero-order chi connectivity index (χ0) is 25.9. The molecule has 7 nitrogen and oxygen atoms in total. The van der Waals surface area contributed by atoms with E-state index < -0.39 is 24.4 Å². The molecule has 0 bridgehead atoms. The molecule has 3 aromatic rings. The van der Waals surface area contributed by atoms with E-state index in [-0.39, 0.29) is 34.6 Å².